The van der Waals surface area contributed by atoms with E-state index in [9.17, 15) is 0 Å². The average molecular weight is 207 g/mol. The van der Waals surface area contributed by atoms with Crippen LogP contribution in [0.15, 0.2) is 24.3 Å². The summed E-state index contributed by atoms with van der Waals surface area (Å²) in [5.41, 5.74) is 0.991. The lowest BCUT2D eigenvalue weighted by Gasteiger charge is -1.97. The van der Waals surface area contributed by atoms with Crippen molar-refractivity contribution >= 4 is 11.6 Å². The van der Waals surface area contributed by atoms with Crippen molar-refractivity contribution in [2.24, 2.45) is 0 Å². The van der Waals surface area contributed by atoms with Crippen LogP contribution in [0, 0.1) is 11.8 Å². The van der Waals surface area contributed by atoms with Gasteiger partial charge in [-0.3, -0.25) is 0 Å². The highest BCUT2D eigenvalue weighted by Gasteiger charge is 2.11. The van der Waals surface area contributed by atoms with Crippen LogP contribution in [-0.4, -0.2) is 12.7 Å². The normalized spacial score (nSPS) is 20.2. The Bertz CT molecular complexity index is 352. The Hall–Kier alpha value is -0.970. The lowest BCUT2D eigenvalue weighted by Crippen LogP contribution is -1.99. The minimum atomic E-state index is 0.130. The molecule has 0 N–H and O–H groups in total. The van der Waals surface area contributed by atoms with Crippen LogP contribution in [-0.2, 0) is 4.74 Å². The van der Waals surface area contributed by atoms with Crippen molar-refractivity contribution in [1.82, 2.24) is 0 Å². The third kappa shape index (κ3) is 2.51. The first kappa shape index (κ1) is 9.58. The second-order valence-corrected chi connectivity index (χ2v) is 3.71. The van der Waals surface area contributed by atoms with Gasteiger partial charge < -0.3 is 4.74 Å². The van der Waals surface area contributed by atoms with Crippen LogP contribution in [0.2, 0.25) is 5.02 Å². The third-order valence-electron chi connectivity index (χ3n) is 2.15. The third-order valence-corrected chi connectivity index (χ3v) is 2.40. The van der Waals surface area contributed by atoms with E-state index in [1.165, 1.54) is 0 Å². The fourth-order valence-corrected chi connectivity index (χ4v) is 1.51. The molecule has 72 valence electrons. The number of hydrogen-bond acceptors (Lipinski definition) is 1. The summed E-state index contributed by atoms with van der Waals surface area (Å²) in [6.07, 6.45) is 2.31. The Morgan fingerprint density at radius 3 is 2.71 bits per heavy atom. The monoisotopic (exact) mass is 206 g/mol. The van der Waals surface area contributed by atoms with Crippen LogP contribution in [0.3, 0.4) is 0 Å². The first-order valence-electron chi connectivity index (χ1n) is 4.73. The second kappa shape index (κ2) is 4.50. The molecule has 1 nitrogen and oxygen atoms in total. The van der Waals surface area contributed by atoms with Gasteiger partial charge >= 0.3 is 0 Å². The maximum Gasteiger partial charge on any atom is 0.118 e. The fourth-order valence-electron chi connectivity index (χ4n) is 1.39. The second-order valence-electron chi connectivity index (χ2n) is 3.28. The largest absolute Gasteiger partial charge is 0.366 e. The zero-order chi connectivity index (χ0) is 9.80. The molecule has 1 atom stereocenters. The van der Waals surface area contributed by atoms with Crippen molar-refractivity contribution in [3.05, 3.63) is 34.9 Å². The van der Waals surface area contributed by atoms with Gasteiger partial charge in [-0.25, -0.2) is 0 Å². The SMILES string of the molecule is Clc1ccc(C#CC2CCCO2)cc1. The summed E-state index contributed by atoms with van der Waals surface area (Å²) in [6.45, 7) is 0.847. The van der Waals surface area contributed by atoms with Crippen molar-refractivity contribution in [2.45, 2.75) is 18.9 Å². The number of ether oxygens (including phenoxy) is 1. The molecule has 0 saturated carbocycles. The predicted molar refractivity (Wildman–Crippen MR) is 57.3 cm³/mol. The van der Waals surface area contributed by atoms with Crippen LogP contribution < -0.4 is 0 Å². The molecule has 1 aliphatic heterocycles. The summed E-state index contributed by atoms with van der Waals surface area (Å²) in [7, 11) is 0. The van der Waals surface area contributed by atoms with Gasteiger partial charge in [0.25, 0.3) is 0 Å². The van der Waals surface area contributed by atoms with Crippen LogP contribution in [0.1, 0.15) is 18.4 Å². The van der Waals surface area contributed by atoms with E-state index >= 15 is 0 Å². The summed E-state index contributed by atoms with van der Waals surface area (Å²) in [5, 5.41) is 0.743. The van der Waals surface area contributed by atoms with Gasteiger partial charge in [-0.05, 0) is 37.1 Å². The van der Waals surface area contributed by atoms with Gasteiger partial charge in [0.2, 0.25) is 0 Å². The van der Waals surface area contributed by atoms with Gasteiger partial charge in [0.1, 0.15) is 6.10 Å². The molecule has 1 aromatic rings. The topological polar surface area (TPSA) is 9.23 Å². The van der Waals surface area contributed by atoms with E-state index < -0.39 is 0 Å². The molecule has 1 heterocycles. The highest BCUT2D eigenvalue weighted by Crippen LogP contribution is 2.12. The standard InChI is InChI=1S/C12H11ClO/c13-11-6-3-10(4-7-11)5-8-12-2-1-9-14-12/h3-4,6-7,12H,1-2,9H2. The van der Waals surface area contributed by atoms with E-state index in [-0.39, 0.29) is 6.10 Å². The highest BCUT2D eigenvalue weighted by atomic mass is 35.5. The molecule has 0 amide bonds. The maximum atomic E-state index is 5.77. The van der Waals surface area contributed by atoms with E-state index in [0.717, 1.165) is 30.0 Å². The molecular weight excluding hydrogens is 196 g/mol. The van der Waals surface area contributed by atoms with Gasteiger partial charge in [0.15, 0.2) is 0 Å². The summed E-state index contributed by atoms with van der Waals surface area (Å²) < 4.78 is 5.40. The van der Waals surface area contributed by atoms with Gasteiger partial charge in [-0.15, -0.1) is 0 Å². The van der Waals surface area contributed by atoms with E-state index in [0.29, 0.717) is 0 Å². The van der Waals surface area contributed by atoms with Crippen LogP contribution in [0.25, 0.3) is 0 Å². The van der Waals surface area contributed by atoms with E-state index in [4.69, 9.17) is 16.3 Å². The molecule has 1 fully saturated rings. The molecule has 0 radical (unpaired) electrons. The minimum Gasteiger partial charge on any atom is -0.366 e. The zero-order valence-corrected chi connectivity index (χ0v) is 8.55. The number of benzene rings is 1. The van der Waals surface area contributed by atoms with E-state index in [2.05, 4.69) is 11.8 Å². The Morgan fingerprint density at radius 1 is 1.29 bits per heavy atom. The summed E-state index contributed by atoms with van der Waals surface area (Å²) in [6, 6.07) is 7.54. The van der Waals surface area contributed by atoms with Gasteiger partial charge in [0.05, 0.1) is 0 Å². The molecule has 1 unspecified atom stereocenters. The van der Waals surface area contributed by atoms with Crippen molar-refractivity contribution in [1.29, 1.82) is 0 Å². The summed E-state index contributed by atoms with van der Waals surface area (Å²) in [5.74, 6) is 6.18. The van der Waals surface area contributed by atoms with Crippen LogP contribution >= 0.6 is 11.6 Å². The molecule has 1 aromatic carbocycles. The molecular formula is C12H11ClO. The Balaban J connectivity index is 2.05. The van der Waals surface area contributed by atoms with Gasteiger partial charge in [0, 0.05) is 17.2 Å². The minimum absolute atomic E-state index is 0.130. The maximum absolute atomic E-state index is 5.77. The van der Waals surface area contributed by atoms with Crippen molar-refractivity contribution in [3.8, 4) is 11.8 Å². The Morgan fingerprint density at radius 2 is 2.07 bits per heavy atom. The quantitative estimate of drug-likeness (QED) is 0.594. The predicted octanol–water partition coefficient (Wildman–Crippen LogP) is 2.87. The van der Waals surface area contributed by atoms with Crippen molar-refractivity contribution < 1.29 is 4.74 Å². The zero-order valence-electron chi connectivity index (χ0n) is 7.79. The first-order valence-corrected chi connectivity index (χ1v) is 5.11. The molecule has 0 bridgehead atoms. The van der Waals surface area contributed by atoms with Crippen molar-refractivity contribution in [3.63, 3.8) is 0 Å². The molecule has 0 aromatic heterocycles. The summed E-state index contributed by atoms with van der Waals surface area (Å²) >= 11 is 5.77. The number of hydrogen-bond donors (Lipinski definition) is 0. The van der Waals surface area contributed by atoms with Gasteiger partial charge in [-0.1, -0.05) is 23.4 Å². The van der Waals surface area contributed by atoms with Crippen molar-refractivity contribution in [2.75, 3.05) is 6.61 Å². The Labute approximate surface area is 89.0 Å². The smallest absolute Gasteiger partial charge is 0.118 e. The number of halogens is 1. The highest BCUT2D eigenvalue weighted by molar-refractivity contribution is 6.30. The molecule has 0 spiro atoms. The molecule has 0 aliphatic carbocycles. The molecule has 2 rings (SSSR count). The molecule has 1 saturated heterocycles. The average Bonchev–Trinajstić information content (AvgIpc) is 2.70. The lowest BCUT2D eigenvalue weighted by atomic mass is 10.2. The fraction of sp³-hybridized carbons (Fsp3) is 0.333. The molecule has 14 heavy (non-hydrogen) atoms. The summed E-state index contributed by atoms with van der Waals surface area (Å²) in [4.78, 5) is 0. The number of rotatable bonds is 0. The van der Waals surface area contributed by atoms with E-state index in [1.54, 1.807) is 0 Å². The van der Waals surface area contributed by atoms with Gasteiger partial charge in [-0.2, -0.15) is 0 Å². The van der Waals surface area contributed by atoms with Crippen LogP contribution in [0.5, 0.6) is 0 Å². The lowest BCUT2D eigenvalue weighted by molar-refractivity contribution is 0.152. The van der Waals surface area contributed by atoms with E-state index in [1.807, 2.05) is 24.3 Å². The first-order chi connectivity index (χ1) is 6.84. The molecule has 2 heteroatoms. The van der Waals surface area contributed by atoms with Crippen LogP contribution in [0.4, 0.5) is 0 Å². The molecule has 1 aliphatic rings. The Kier molecular flexibility index (Phi) is 3.08.